The van der Waals surface area contributed by atoms with Crippen LogP contribution in [-0.2, 0) is 16.1 Å². The maximum absolute atomic E-state index is 16.0. The van der Waals surface area contributed by atoms with E-state index >= 15 is 4.39 Å². The summed E-state index contributed by atoms with van der Waals surface area (Å²) in [4.78, 5) is 74.7. The Balaban J connectivity index is 0.799. The smallest absolute Gasteiger partial charge is 0.262 e. The van der Waals surface area contributed by atoms with Crippen LogP contribution in [0.25, 0.3) is 4.85 Å². The number of fused-ring (bicyclic) bond motifs is 2. The fourth-order valence-electron chi connectivity index (χ4n) is 10.3. The molecule has 5 heterocycles. The molecular weight excluding hydrogens is 763 g/mol. The van der Waals surface area contributed by atoms with Crippen LogP contribution in [0.5, 0.6) is 5.75 Å². The Labute approximate surface area is 340 Å². The molecule has 1 aliphatic carbocycles. The molecule has 5 amide bonds. The first kappa shape index (κ1) is 37.8. The zero-order valence-corrected chi connectivity index (χ0v) is 33.2. The topological polar surface area (TPSA) is 124 Å². The number of nitrogens with zero attached hydrogens (tertiary/aromatic N) is 5. The predicted molar refractivity (Wildman–Crippen MR) is 211 cm³/mol. The molecule has 4 fully saturated rings. The lowest BCUT2D eigenvalue weighted by Crippen LogP contribution is -2.74. The molecule has 3 aromatic carbocycles. The van der Waals surface area contributed by atoms with Gasteiger partial charge in [0.25, 0.3) is 17.7 Å². The van der Waals surface area contributed by atoms with E-state index in [1.54, 1.807) is 47.4 Å². The zero-order valence-electron chi connectivity index (χ0n) is 32.4. The van der Waals surface area contributed by atoms with Gasteiger partial charge in [0, 0.05) is 78.2 Å². The fraction of sp³-hybridized carbons (Fsp3) is 0.409. The minimum atomic E-state index is -1.00. The number of anilines is 1. The Morgan fingerprint density at radius 1 is 0.897 bits per heavy atom. The van der Waals surface area contributed by atoms with E-state index in [0.29, 0.717) is 27.6 Å². The van der Waals surface area contributed by atoms with Gasteiger partial charge in [-0.25, -0.2) is 9.24 Å². The van der Waals surface area contributed by atoms with Crippen molar-refractivity contribution >= 4 is 52.5 Å². The highest BCUT2D eigenvalue weighted by Gasteiger charge is 2.67. The van der Waals surface area contributed by atoms with Gasteiger partial charge in [-0.2, -0.15) is 0 Å². The Morgan fingerprint density at radius 3 is 2.29 bits per heavy atom. The van der Waals surface area contributed by atoms with Crippen molar-refractivity contribution in [2.45, 2.75) is 71.3 Å². The number of piperidine rings is 1. The fourth-order valence-corrected chi connectivity index (χ4v) is 10.5. The van der Waals surface area contributed by atoms with Gasteiger partial charge in [0.05, 0.1) is 34.8 Å². The van der Waals surface area contributed by atoms with Crippen LogP contribution in [0.3, 0.4) is 0 Å². The summed E-state index contributed by atoms with van der Waals surface area (Å²) in [5.74, 6) is 4.15. The van der Waals surface area contributed by atoms with Crippen molar-refractivity contribution in [3.8, 4) is 17.6 Å². The molecular formula is C44H40ClFN6O6. The average Bonchev–Trinajstić information content (AvgIpc) is 3.59. The number of carbonyl (C=O) groups excluding carboxylic acids is 5. The summed E-state index contributed by atoms with van der Waals surface area (Å²) in [6.07, 6.45) is -0.0999. The summed E-state index contributed by atoms with van der Waals surface area (Å²) in [7, 11) is 0. The quantitative estimate of drug-likeness (QED) is 0.199. The predicted octanol–water partition coefficient (Wildman–Crippen LogP) is 5.44. The van der Waals surface area contributed by atoms with E-state index in [2.05, 4.69) is 31.8 Å². The van der Waals surface area contributed by atoms with Crippen molar-refractivity contribution in [1.82, 2.24) is 20.0 Å². The van der Waals surface area contributed by atoms with Gasteiger partial charge in [-0.05, 0) is 48.9 Å². The molecule has 9 rings (SSSR count). The molecule has 0 bridgehead atoms. The molecule has 0 spiro atoms. The highest BCUT2D eigenvalue weighted by atomic mass is 35.5. The highest BCUT2D eigenvalue weighted by Crippen LogP contribution is 2.59. The second-order valence-electron chi connectivity index (χ2n) is 17.3. The lowest BCUT2D eigenvalue weighted by atomic mass is 9.49. The Kier molecular flexibility index (Phi) is 8.73. The van der Waals surface area contributed by atoms with Crippen LogP contribution in [0.15, 0.2) is 48.5 Å². The van der Waals surface area contributed by atoms with Crippen molar-refractivity contribution in [2.24, 2.45) is 16.7 Å². The lowest BCUT2D eigenvalue weighted by Gasteiger charge is -2.65. The molecule has 0 aromatic heterocycles. The molecule has 14 heteroatoms. The van der Waals surface area contributed by atoms with Gasteiger partial charge in [-0.1, -0.05) is 57.2 Å². The molecule has 296 valence electrons. The summed E-state index contributed by atoms with van der Waals surface area (Å²) >= 11 is 6.27. The summed E-state index contributed by atoms with van der Waals surface area (Å²) in [6.45, 7) is 18.5. The van der Waals surface area contributed by atoms with Crippen LogP contribution in [0.1, 0.15) is 82.7 Å². The third-order valence-corrected chi connectivity index (χ3v) is 13.2. The Morgan fingerprint density at radius 2 is 1.60 bits per heavy atom. The van der Waals surface area contributed by atoms with Crippen LogP contribution in [0, 0.1) is 41.0 Å². The van der Waals surface area contributed by atoms with Gasteiger partial charge in [-0.15, -0.1) is 0 Å². The molecule has 5 aliphatic heterocycles. The second-order valence-corrected chi connectivity index (χ2v) is 17.7. The van der Waals surface area contributed by atoms with Gasteiger partial charge in [-0.3, -0.25) is 39.1 Å². The Hall–Kier alpha value is -5.76. The molecule has 1 saturated carbocycles. The van der Waals surface area contributed by atoms with E-state index in [-0.39, 0.29) is 66.1 Å². The Bertz CT molecular complexity index is 2460. The largest absolute Gasteiger partial charge is 0.489 e. The summed E-state index contributed by atoms with van der Waals surface area (Å²) in [5, 5.41) is 2.53. The van der Waals surface area contributed by atoms with Gasteiger partial charge >= 0.3 is 0 Å². The number of rotatable bonds is 6. The van der Waals surface area contributed by atoms with Crippen LogP contribution in [0.2, 0.25) is 5.02 Å². The van der Waals surface area contributed by atoms with E-state index in [9.17, 15) is 24.0 Å². The van der Waals surface area contributed by atoms with Crippen molar-refractivity contribution in [3.63, 3.8) is 0 Å². The number of benzene rings is 3. The highest BCUT2D eigenvalue weighted by molar-refractivity contribution is 6.33. The number of amides is 5. The van der Waals surface area contributed by atoms with Crippen molar-refractivity contribution in [1.29, 1.82) is 0 Å². The first-order valence-electron chi connectivity index (χ1n) is 19.4. The van der Waals surface area contributed by atoms with Crippen molar-refractivity contribution in [2.75, 3.05) is 31.1 Å². The van der Waals surface area contributed by atoms with Crippen molar-refractivity contribution < 1.29 is 33.1 Å². The maximum atomic E-state index is 16.0. The van der Waals surface area contributed by atoms with Gasteiger partial charge in [0.15, 0.2) is 0 Å². The number of imide groups is 2. The molecule has 3 aromatic rings. The number of hydrogen-bond donors (Lipinski definition) is 1. The van der Waals surface area contributed by atoms with Crippen LogP contribution in [0.4, 0.5) is 15.8 Å². The zero-order chi connectivity index (χ0) is 41.0. The third kappa shape index (κ3) is 5.77. The van der Waals surface area contributed by atoms with E-state index in [1.165, 1.54) is 0 Å². The number of hydrogen-bond acceptors (Lipinski definition) is 8. The maximum Gasteiger partial charge on any atom is 0.262 e. The third-order valence-electron chi connectivity index (χ3n) is 12.9. The SMILES string of the molecule is [C-]#[N+]c1ccc(OC2C(C)(C)C(N3Cc4c(ccc(C#CC5CN(C6CN(c7ccc8c(c7)C(=O)N(C7CCC(=O)NC7=O)C8=O)C6)C5)c4F)C3=O)C2(C)C)cc1Cl. The molecule has 1 atom stereocenters. The normalized spacial score (nSPS) is 24.9. The van der Waals surface area contributed by atoms with Crippen LogP contribution in [-0.4, -0.2) is 94.6 Å². The van der Waals surface area contributed by atoms with E-state index < -0.39 is 46.3 Å². The molecule has 1 N–H and O–H groups in total. The molecule has 12 nitrogen and oxygen atoms in total. The van der Waals surface area contributed by atoms with Gasteiger partial charge < -0.3 is 14.5 Å². The van der Waals surface area contributed by atoms with E-state index in [1.807, 2.05) is 33.8 Å². The monoisotopic (exact) mass is 802 g/mol. The number of halogens is 2. The van der Waals surface area contributed by atoms with Gasteiger partial charge in [0.1, 0.15) is 23.7 Å². The second kappa shape index (κ2) is 13.4. The molecule has 1 unspecified atom stereocenters. The summed E-state index contributed by atoms with van der Waals surface area (Å²) in [6, 6.07) is 12.5. The minimum Gasteiger partial charge on any atom is -0.489 e. The number of ether oxygens (including phenoxy) is 1. The minimum absolute atomic E-state index is 0.0663. The number of carbonyl (C=O) groups is 5. The van der Waals surface area contributed by atoms with Crippen molar-refractivity contribution in [3.05, 3.63) is 98.6 Å². The van der Waals surface area contributed by atoms with E-state index in [4.69, 9.17) is 22.9 Å². The molecule has 6 aliphatic rings. The number of nitrogens with one attached hydrogen (secondary N) is 1. The van der Waals surface area contributed by atoms with E-state index in [0.717, 1.165) is 36.8 Å². The first-order chi connectivity index (χ1) is 27.6. The lowest BCUT2D eigenvalue weighted by molar-refractivity contribution is -0.199. The van der Waals surface area contributed by atoms with Crippen LogP contribution < -0.4 is 15.0 Å². The number of likely N-dealkylation sites (tertiary alicyclic amines) is 1. The molecule has 58 heavy (non-hydrogen) atoms. The van der Waals surface area contributed by atoms with Crippen LogP contribution >= 0.6 is 11.6 Å². The summed E-state index contributed by atoms with van der Waals surface area (Å²) < 4.78 is 22.5. The van der Waals surface area contributed by atoms with Gasteiger partial charge in [0.2, 0.25) is 17.5 Å². The molecule has 0 radical (unpaired) electrons. The molecule has 3 saturated heterocycles. The standard InChI is InChI=1S/C44H40ClFN6O6/c1-43(2)41(44(3,4)42(43)58-27-10-13-33(47-5)32(45)17-27)51-22-31-29(38(51)55)11-8-24(36(31)46)7-6-23-18-49(19-23)26-20-50(21-26)25-9-12-28-30(16-25)40(57)52(39(28)56)34-14-15-35(53)48-37(34)54/h8-13,16-17,23,26,34,41-42H,14-15,18-22H2,1-4H3,(H,48,53,54). The summed E-state index contributed by atoms with van der Waals surface area (Å²) in [5.41, 5.74) is 1.72. The average molecular weight is 803 g/mol. The first-order valence-corrected chi connectivity index (χ1v) is 19.8.